The molecule has 1 aliphatic rings. The van der Waals surface area contributed by atoms with E-state index < -0.39 is 5.54 Å². The number of piperazine rings is 1. The molecule has 6 nitrogen and oxygen atoms in total. The Morgan fingerprint density at radius 3 is 2.36 bits per heavy atom. The summed E-state index contributed by atoms with van der Waals surface area (Å²) in [7, 11) is 0. The summed E-state index contributed by atoms with van der Waals surface area (Å²) in [5.74, 6) is 0.270. The minimum Gasteiger partial charge on any atom is -0.351 e. The van der Waals surface area contributed by atoms with E-state index in [-0.39, 0.29) is 23.7 Å². The minimum absolute atomic E-state index is 0.154. The van der Waals surface area contributed by atoms with Crippen LogP contribution in [0.3, 0.4) is 0 Å². The molecule has 0 radical (unpaired) electrons. The number of nitrogens with one attached hydrogen (secondary N) is 1. The maximum absolute atomic E-state index is 13.4. The first-order valence-electron chi connectivity index (χ1n) is 11.8. The number of amides is 2. The molecule has 2 aromatic heterocycles. The largest absolute Gasteiger partial charge is 0.351 e. The number of anilines is 1. The van der Waals surface area contributed by atoms with E-state index in [0.29, 0.717) is 19.6 Å². The Hall–Kier alpha value is -3.59. The molecule has 1 fully saturated rings. The van der Waals surface area contributed by atoms with Crippen LogP contribution >= 0.6 is 11.3 Å². The highest BCUT2D eigenvalue weighted by atomic mass is 32.1. The second-order valence-corrected chi connectivity index (χ2v) is 10.7. The van der Waals surface area contributed by atoms with Gasteiger partial charge in [0.25, 0.3) is 0 Å². The molecular weight excluding hydrogens is 480 g/mol. The first-order chi connectivity index (χ1) is 17.2. The molecule has 1 N–H and O–H groups in total. The second kappa shape index (κ2) is 9.46. The lowest BCUT2D eigenvalue weighted by molar-refractivity contribution is 0.121. The fourth-order valence-electron chi connectivity index (χ4n) is 4.63. The summed E-state index contributed by atoms with van der Waals surface area (Å²) in [5.41, 5.74) is 2.16. The van der Waals surface area contributed by atoms with Crippen LogP contribution in [-0.2, 0) is 0 Å². The molecule has 2 amide bonds. The highest BCUT2D eigenvalue weighted by Crippen LogP contribution is 2.38. The number of carbonyl (C=O) groups excluding carboxylic acids is 1. The average molecular weight is 508 g/mol. The third kappa shape index (κ3) is 4.75. The topological polar surface area (TPSA) is 61.4 Å². The van der Waals surface area contributed by atoms with Crippen molar-refractivity contribution in [1.29, 1.82) is 0 Å². The Bertz CT molecular complexity index is 1390. The molecule has 3 heterocycles. The summed E-state index contributed by atoms with van der Waals surface area (Å²) in [6.45, 7) is 7.72. The van der Waals surface area contributed by atoms with Gasteiger partial charge in [-0.3, -0.25) is 0 Å². The van der Waals surface area contributed by atoms with E-state index in [1.165, 1.54) is 24.3 Å². The number of carbonyl (C=O) groups is 1. The van der Waals surface area contributed by atoms with E-state index in [2.05, 4.69) is 20.2 Å². The molecular formula is C27H27F2N5OS. The molecule has 0 saturated carbocycles. The van der Waals surface area contributed by atoms with Gasteiger partial charge in [-0.05, 0) is 62.2 Å². The molecule has 0 spiro atoms. The Morgan fingerprint density at radius 2 is 1.69 bits per heavy atom. The lowest BCUT2D eigenvalue weighted by Crippen LogP contribution is -2.63. The molecule has 5 rings (SSSR count). The number of hydrogen-bond donors (Lipinski definition) is 1. The van der Waals surface area contributed by atoms with Crippen molar-refractivity contribution < 1.29 is 13.6 Å². The summed E-state index contributed by atoms with van der Waals surface area (Å²) in [6.07, 6.45) is 1.56. The highest BCUT2D eigenvalue weighted by molar-refractivity contribution is 7.22. The fourth-order valence-corrected chi connectivity index (χ4v) is 5.77. The zero-order chi connectivity index (χ0) is 25.4. The van der Waals surface area contributed by atoms with Crippen molar-refractivity contribution in [3.05, 3.63) is 78.1 Å². The van der Waals surface area contributed by atoms with Gasteiger partial charge >= 0.3 is 6.03 Å². The number of hydrogen-bond acceptors (Lipinski definition) is 5. The van der Waals surface area contributed by atoms with Crippen LogP contribution in [0.1, 0.15) is 32.4 Å². The van der Waals surface area contributed by atoms with Gasteiger partial charge in [-0.2, -0.15) is 0 Å². The van der Waals surface area contributed by atoms with Crippen molar-refractivity contribution in [2.24, 2.45) is 0 Å². The van der Waals surface area contributed by atoms with E-state index in [1.54, 1.807) is 41.9 Å². The van der Waals surface area contributed by atoms with Crippen LogP contribution in [0.15, 0.2) is 60.9 Å². The lowest BCUT2D eigenvalue weighted by atomic mass is 9.99. The maximum Gasteiger partial charge on any atom is 0.318 e. The van der Waals surface area contributed by atoms with Crippen molar-refractivity contribution in [2.75, 3.05) is 24.5 Å². The summed E-state index contributed by atoms with van der Waals surface area (Å²) in [6, 6.07) is 14.2. The third-order valence-electron chi connectivity index (χ3n) is 6.58. The number of rotatable bonds is 4. The molecule has 0 aliphatic carbocycles. The molecule has 36 heavy (non-hydrogen) atoms. The highest BCUT2D eigenvalue weighted by Gasteiger charge is 2.38. The Balaban J connectivity index is 1.33. The van der Waals surface area contributed by atoms with Gasteiger partial charge in [0.15, 0.2) is 0 Å². The smallest absolute Gasteiger partial charge is 0.318 e. The van der Waals surface area contributed by atoms with E-state index in [0.717, 1.165) is 32.0 Å². The van der Waals surface area contributed by atoms with Crippen LogP contribution in [0, 0.1) is 11.6 Å². The van der Waals surface area contributed by atoms with Gasteiger partial charge in [-0.25, -0.2) is 23.5 Å². The predicted molar refractivity (Wildman–Crippen MR) is 139 cm³/mol. The molecule has 9 heteroatoms. The number of aromatic nitrogens is 2. The Labute approximate surface area is 212 Å². The summed E-state index contributed by atoms with van der Waals surface area (Å²) < 4.78 is 27.6. The summed E-state index contributed by atoms with van der Waals surface area (Å²) in [5, 5.41) is 3.05. The summed E-state index contributed by atoms with van der Waals surface area (Å²) in [4.78, 5) is 27.3. The van der Waals surface area contributed by atoms with Gasteiger partial charge in [0.2, 0.25) is 0 Å². The van der Waals surface area contributed by atoms with Gasteiger partial charge in [0.1, 0.15) is 23.8 Å². The number of thiophene rings is 1. The first-order valence-corrected chi connectivity index (χ1v) is 12.6. The SMILES string of the molecule is CC(NC(=O)N1CCN(c2ncnc3cc(-c4ccc(F)cc4)sc23)CC1(C)C)c1ccc(F)cc1. The molecule has 2 aromatic carbocycles. The van der Waals surface area contributed by atoms with E-state index >= 15 is 0 Å². The first kappa shape index (κ1) is 24.1. The summed E-state index contributed by atoms with van der Waals surface area (Å²) >= 11 is 1.58. The Kier molecular flexibility index (Phi) is 6.34. The van der Waals surface area contributed by atoms with Crippen molar-refractivity contribution in [3.63, 3.8) is 0 Å². The van der Waals surface area contributed by atoms with E-state index in [9.17, 15) is 13.6 Å². The van der Waals surface area contributed by atoms with E-state index in [4.69, 9.17) is 0 Å². The predicted octanol–water partition coefficient (Wildman–Crippen LogP) is 6.01. The number of benzene rings is 2. The molecule has 4 aromatic rings. The van der Waals surface area contributed by atoms with Crippen LogP contribution in [0.4, 0.5) is 19.4 Å². The van der Waals surface area contributed by atoms with Crippen LogP contribution < -0.4 is 10.2 Å². The average Bonchev–Trinajstić information content (AvgIpc) is 3.28. The normalized spacial score (nSPS) is 16.2. The van der Waals surface area contributed by atoms with Gasteiger partial charge in [0, 0.05) is 24.5 Å². The van der Waals surface area contributed by atoms with Crippen LogP contribution in [0.2, 0.25) is 0 Å². The molecule has 1 unspecified atom stereocenters. The van der Waals surface area contributed by atoms with Crippen molar-refractivity contribution >= 4 is 33.4 Å². The molecule has 1 aliphatic heterocycles. The monoisotopic (exact) mass is 507 g/mol. The number of halogens is 2. The zero-order valence-corrected chi connectivity index (χ0v) is 21.1. The zero-order valence-electron chi connectivity index (χ0n) is 20.3. The van der Waals surface area contributed by atoms with Gasteiger partial charge in [0.05, 0.1) is 21.8 Å². The van der Waals surface area contributed by atoms with Gasteiger partial charge in [-0.15, -0.1) is 11.3 Å². The standard InChI is InChI=1S/C27H27F2N5OS/c1-17(18-4-8-20(28)9-5-18)32-26(35)34-13-12-33(15-27(34,2)3)25-24-22(30-16-31-25)14-23(36-24)19-6-10-21(29)11-7-19/h4-11,14,16-17H,12-13,15H2,1-3H3,(H,32,35). The lowest BCUT2D eigenvalue weighted by Gasteiger charge is -2.47. The second-order valence-electron chi connectivity index (χ2n) is 9.64. The number of nitrogens with zero attached hydrogens (tertiary/aromatic N) is 4. The van der Waals surface area contributed by atoms with Gasteiger partial charge in [-0.1, -0.05) is 24.3 Å². The molecule has 186 valence electrons. The molecule has 0 bridgehead atoms. The quantitative estimate of drug-likeness (QED) is 0.368. The number of urea groups is 1. The van der Waals surface area contributed by atoms with Crippen LogP contribution in [0.5, 0.6) is 0 Å². The van der Waals surface area contributed by atoms with Crippen LogP contribution in [0.25, 0.3) is 20.7 Å². The maximum atomic E-state index is 13.4. The Morgan fingerprint density at radius 1 is 1.03 bits per heavy atom. The van der Waals surface area contributed by atoms with Crippen LogP contribution in [-0.4, -0.2) is 46.1 Å². The van der Waals surface area contributed by atoms with Gasteiger partial charge < -0.3 is 15.1 Å². The molecule has 1 atom stereocenters. The van der Waals surface area contributed by atoms with Crippen molar-refractivity contribution in [2.45, 2.75) is 32.4 Å². The van der Waals surface area contributed by atoms with E-state index in [1.807, 2.05) is 31.7 Å². The minimum atomic E-state index is -0.459. The molecule has 1 saturated heterocycles. The number of fused-ring (bicyclic) bond motifs is 1. The fraction of sp³-hybridized carbons (Fsp3) is 0.296. The third-order valence-corrected chi connectivity index (χ3v) is 7.75. The van der Waals surface area contributed by atoms with Crippen molar-refractivity contribution in [1.82, 2.24) is 20.2 Å². The van der Waals surface area contributed by atoms with Crippen molar-refractivity contribution in [3.8, 4) is 10.4 Å².